The number of aliphatic hydroxyl groups excluding tert-OH is 2. The summed E-state index contributed by atoms with van der Waals surface area (Å²) in [4.78, 5) is 16.4. The van der Waals surface area contributed by atoms with E-state index in [1.54, 1.807) is 24.3 Å². The largest absolute Gasteiger partial charge is 0.464 e. The lowest BCUT2D eigenvalue weighted by Crippen LogP contribution is -2.50. The highest BCUT2D eigenvalue weighted by atomic mass is 31.2. The number of nitrogens with zero attached hydrogens (tertiary/aromatic N) is 4. The van der Waals surface area contributed by atoms with Crippen molar-refractivity contribution in [3.63, 3.8) is 0 Å². The quantitative estimate of drug-likeness (QED) is 0.160. The number of nitrogens with one attached hydrogen (secondary N) is 1. The monoisotopic (exact) mass is 574 g/mol. The van der Waals surface area contributed by atoms with E-state index in [9.17, 15) is 24.8 Å². The van der Waals surface area contributed by atoms with Crippen LogP contribution in [0.25, 0.3) is 5.52 Å². The molecule has 2 heterocycles. The maximum Gasteiger partial charge on any atom is 0.459 e. The maximum atomic E-state index is 13.9. The van der Waals surface area contributed by atoms with Crippen LogP contribution < -0.4 is 15.3 Å². The fourth-order valence-corrected chi connectivity index (χ4v) is 5.33. The van der Waals surface area contributed by atoms with Gasteiger partial charge in [0.2, 0.25) is 5.60 Å². The van der Waals surface area contributed by atoms with Crippen molar-refractivity contribution < 1.29 is 38.1 Å². The van der Waals surface area contributed by atoms with Gasteiger partial charge in [0, 0.05) is 7.11 Å². The third kappa shape index (κ3) is 6.59. The SMILES string of the molecule is CO[C@](C#N)(COP(=O)(N[C@@H](C)C(=O)OCC1CC1)Oc1ccccc1)[C@@H](O)[C@@H](O)c1ccc2c(N)ncnn12. The van der Waals surface area contributed by atoms with Crippen molar-refractivity contribution in [2.75, 3.05) is 26.1 Å². The van der Waals surface area contributed by atoms with Crippen molar-refractivity contribution in [2.24, 2.45) is 5.92 Å². The number of anilines is 1. The summed E-state index contributed by atoms with van der Waals surface area (Å²) in [5, 5.41) is 38.7. The number of aliphatic hydroxyl groups is 2. The smallest absolute Gasteiger partial charge is 0.459 e. The number of benzene rings is 1. The first-order valence-corrected chi connectivity index (χ1v) is 14.0. The Morgan fingerprint density at radius 1 is 1.30 bits per heavy atom. The summed E-state index contributed by atoms with van der Waals surface area (Å²) in [7, 11) is -3.28. The minimum atomic E-state index is -4.40. The van der Waals surface area contributed by atoms with Crippen molar-refractivity contribution in [2.45, 2.75) is 43.6 Å². The van der Waals surface area contributed by atoms with Crippen molar-refractivity contribution in [3.8, 4) is 11.8 Å². The van der Waals surface area contributed by atoms with Crippen LogP contribution in [-0.4, -0.2) is 68.9 Å². The Morgan fingerprint density at radius 3 is 2.67 bits per heavy atom. The number of nitrogens with two attached hydrogens (primary N) is 1. The van der Waals surface area contributed by atoms with Gasteiger partial charge in [-0.25, -0.2) is 14.1 Å². The second kappa shape index (κ2) is 12.3. The summed E-state index contributed by atoms with van der Waals surface area (Å²) < 4.78 is 36.9. The van der Waals surface area contributed by atoms with Crippen LogP contribution in [0.5, 0.6) is 5.75 Å². The predicted molar refractivity (Wildman–Crippen MR) is 141 cm³/mol. The molecule has 0 radical (unpaired) electrons. The molecule has 0 aliphatic heterocycles. The standard InChI is InChI=1S/C25H31N6O8P/c1-16(24(34)37-12-17-8-9-17)30-40(35,39-18-6-4-3-5-7-18)38-14-25(13-26,36-2)22(33)21(32)19-10-11-20-23(27)28-15-29-31(19)20/h3-7,10-11,15-17,21-22,32-33H,8-9,12,14H2,1-2H3,(H,30,35)(H2,27,28,29)/t16-,21-,22-,25+,40?/m0/s1. The normalized spacial score (nSPS) is 18.6. The first-order chi connectivity index (χ1) is 19.1. The van der Waals surface area contributed by atoms with Crippen LogP contribution in [0.3, 0.4) is 0 Å². The molecule has 1 aromatic carbocycles. The number of fused-ring (bicyclic) bond motifs is 1. The molecule has 1 unspecified atom stereocenters. The third-order valence-electron chi connectivity index (χ3n) is 6.43. The number of aromatic nitrogens is 3. The van der Waals surface area contributed by atoms with Crippen molar-refractivity contribution in [3.05, 3.63) is 54.5 Å². The van der Waals surface area contributed by atoms with Gasteiger partial charge in [-0.2, -0.15) is 15.4 Å². The zero-order chi connectivity index (χ0) is 28.9. The Labute approximate surface area is 230 Å². The van der Waals surface area contributed by atoms with Gasteiger partial charge < -0.3 is 29.9 Å². The van der Waals surface area contributed by atoms with E-state index in [1.807, 2.05) is 0 Å². The summed E-state index contributed by atoms with van der Waals surface area (Å²) in [5.41, 5.74) is 4.06. The molecule has 2 aromatic heterocycles. The molecule has 0 bridgehead atoms. The average Bonchev–Trinajstić information content (AvgIpc) is 3.68. The molecule has 4 rings (SSSR count). The van der Waals surface area contributed by atoms with E-state index in [0.717, 1.165) is 20.0 Å². The molecule has 0 spiro atoms. The first-order valence-electron chi connectivity index (χ1n) is 12.5. The summed E-state index contributed by atoms with van der Waals surface area (Å²) >= 11 is 0. The molecule has 1 fully saturated rings. The Bertz CT molecular complexity index is 1410. The highest BCUT2D eigenvalue weighted by Crippen LogP contribution is 2.46. The summed E-state index contributed by atoms with van der Waals surface area (Å²) in [5.74, 6) is -0.0532. The molecule has 1 aliphatic rings. The van der Waals surface area contributed by atoms with E-state index < -0.39 is 44.2 Å². The van der Waals surface area contributed by atoms with E-state index in [4.69, 9.17) is 24.3 Å². The second-order valence-corrected chi connectivity index (χ2v) is 11.1. The molecular weight excluding hydrogens is 543 g/mol. The molecular formula is C25H31N6O8P. The van der Waals surface area contributed by atoms with Crippen LogP contribution in [0.2, 0.25) is 0 Å². The van der Waals surface area contributed by atoms with Gasteiger partial charge in [0.05, 0.1) is 12.3 Å². The van der Waals surface area contributed by atoms with Gasteiger partial charge in [0.25, 0.3) is 0 Å². The van der Waals surface area contributed by atoms with Crippen molar-refractivity contribution in [1.29, 1.82) is 5.26 Å². The molecule has 40 heavy (non-hydrogen) atoms. The Balaban J connectivity index is 1.55. The summed E-state index contributed by atoms with van der Waals surface area (Å²) in [6, 6.07) is 11.7. The van der Waals surface area contributed by atoms with Crippen molar-refractivity contribution in [1.82, 2.24) is 19.7 Å². The molecule has 14 nitrogen and oxygen atoms in total. The number of hydrogen-bond donors (Lipinski definition) is 4. The Morgan fingerprint density at radius 2 is 2.02 bits per heavy atom. The first kappa shape index (κ1) is 29.4. The molecule has 5 atom stereocenters. The number of nitriles is 1. The van der Waals surface area contributed by atoms with Gasteiger partial charge in [-0.15, -0.1) is 0 Å². The lowest BCUT2D eigenvalue weighted by Gasteiger charge is -2.33. The Kier molecular flexibility index (Phi) is 9.05. The molecule has 214 valence electrons. The number of para-hydroxylation sites is 1. The highest BCUT2D eigenvalue weighted by molar-refractivity contribution is 7.52. The fourth-order valence-electron chi connectivity index (χ4n) is 3.81. The van der Waals surface area contributed by atoms with Crippen LogP contribution in [0.4, 0.5) is 5.82 Å². The lowest BCUT2D eigenvalue weighted by atomic mass is 9.93. The zero-order valence-corrected chi connectivity index (χ0v) is 22.8. The number of methoxy groups -OCH3 is 1. The Hall–Kier alpha value is -3.57. The summed E-state index contributed by atoms with van der Waals surface area (Å²) in [6.07, 6.45) is -0.522. The fraction of sp³-hybridized carbons (Fsp3) is 0.440. The van der Waals surface area contributed by atoms with Gasteiger partial charge in [0.1, 0.15) is 48.5 Å². The van der Waals surface area contributed by atoms with E-state index in [0.29, 0.717) is 11.4 Å². The molecule has 0 amide bonds. The second-order valence-electron chi connectivity index (χ2n) is 9.40. The number of esters is 1. The number of rotatable bonds is 14. The summed E-state index contributed by atoms with van der Waals surface area (Å²) in [6.45, 7) is 0.850. The van der Waals surface area contributed by atoms with Crippen LogP contribution in [-0.2, 0) is 23.4 Å². The van der Waals surface area contributed by atoms with E-state index in [2.05, 4.69) is 15.2 Å². The molecule has 15 heteroatoms. The van der Waals surface area contributed by atoms with Gasteiger partial charge in [0.15, 0.2) is 5.82 Å². The average molecular weight is 575 g/mol. The van der Waals surface area contributed by atoms with Crippen LogP contribution >= 0.6 is 7.75 Å². The topological polar surface area (TPSA) is 204 Å². The number of hydrogen-bond acceptors (Lipinski definition) is 12. The molecule has 1 saturated carbocycles. The lowest BCUT2D eigenvalue weighted by molar-refractivity contribution is -0.146. The molecule has 3 aromatic rings. The third-order valence-corrected chi connectivity index (χ3v) is 8.05. The van der Waals surface area contributed by atoms with Gasteiger partial charge in [-0.05, 0) is 49.9 Å². The minimum Gasteiger partial charge on any atom is -0.464 e. The minimum absolute atomic E-state index is 0.0853. The number of ether oxygens (including phenoxy) is 2. The van der Waals surface area contributed by atoms with E-state index in [-0.39, 0.29) is 23.9 Å². The van der Waals surface area contributed by atoms with Crippen LogP contribution in [0.1, 0.15) is 31.6 Å². The van der Waals surface area contributed by atoms with Crippen molar-refractivity contribution >= 4 is 25.1 Å². The van der Waals surface area contributed by atoms with Gasteiger partial charge in [-0.3, -0.25) is 9.32 Å². The molecule has 0 saturated heterocycles. The zero-order valence-electron chi connectivity index (χ0n) is 21.9. The molecule has 5 N–H and O–H groups in total. The van der Waals surface area contributed by atoms with Crippen LogP contribution in [0.15, 0.2) is 48.8 Å². The number of carbonyl (C=O) groups is 1. The van der Waals surface area contributed by atoms with E-state index in [1.165, 1.54) is 42.0 Å². The number of carbonyl (C=O) groups excluding carboxylic acids is 1. The van der Waals surface area contributed by atoms with E-state index >= 15 is 0 Å². The van der Waals surface area contributed by atoms with Gasteiger partial charge >= 0.3 is 13.7 Å². The highest BCUT2D eigenvalue weighted by Gasteiger charge is 2.47. The maximum absolute atomic E-state index is 13.9. The number of nitrogen functional groups attached to an aromatic ring is 1. The van der Waals surface area contributed by atoms with Crippen LogP contribution in [0, 0.1) is 17.2 Å². The van der Waals surface area contributed by atoms with Gasteiger partial charge in [-0.1, -0.05) is 18.2 Å². The molecule has 1 aliphatic carbocycles. The predicted octanol–water partition coefficient (Wildman–Crippen LogP) is 1.75.